The van der Waals surface area contributed by atoms with Gasteiger partial charge in [0.15, 0.2) is 0 Å². The molecule has 0 bridgehead atoms. The summed E-state index contributed by atoms with van der Waals surface area (Å²) in [4.78, 5) is 0. The molecule has 0 aliphatic heterocycles. The summed E-state index contributed by atoms with van der Waals surface area (Å²) >= 11 is 0. The van der Waals surface area contributed by atoms with E-state index in [0.29, 0.717) is 12.1 Å². The minimum absolute atomic E-state index is 0.155. The normalized spacial score (nSPS) is 14.4. The fourth-order valence-corrected chi connectivity index (χ4v) is 1.68. The highest BCUT2D eigenvalue weighted by Crippen LogP contribution is 2.08. The van der Waals surface area contributed by atoms with Crippen LogP contribution in [0.15, 0.2) is 36.9 Å². The van der Waals surface area contributed by atoms with Crippen molar-refractivity contribution in [3.05, 3.63) is 48.3 Å². The minimum Gasteiger partial charge on any atom is -0.308 e. The lowest BCUT2D eigenvalue weighted by Crippen LogP contribution is -2.33. The highest BCUT2D eigenvalue weighted by molar-refractivity contribution is 5.16. The second-order valence-corrected chi connectivity index (χ2v) is 4.26. The van der Waals surface area contributed by atoms with Crippen LogP contribution in [0.3, 0.4) is 0 Å². The Morgan fingerprint density at radius 3 is 2.81 bits per heavy atom. The first-order chi connectivity index (χ1) is 7.61. The molecule has 0 spiro atoms. The van der Waals surface area contributed by atoms with Gasteiger partial charge in [-0.05, 0) is 44.4 Å². The lowest BCUT2D eigenvalue weighted by molar-refractivity contribution is 0.487. The van der Waals surface area contributed by atoms with Crippen LogP contribution in [-0.4, -0.2) is 12.1 Å². The molecule has 0 heterocycles. The van der Waals surface area contributed by atoms with E-state index in [0.717, 1.165) is 18.4 Å². The number of rotatable bonds is 6. The van der Waals surface area contributed by atoms with Gasteiger partial charge in [0.2, 0.25) is 0 Å². The van der Waals surface area contributed by atoms with E-state index < -0.39 is 0 Å². The molecule has 2 atom stereocenters. The van der Waals surface area contributed by atoms with Gasteiger partial charge in [-0.3, -0.25) is 0 Å². The van der Waals surface area contributed by atoms with E-state index in [1.54, 1.807) is 12.1 Å². The molecule has 0 aliphatic rings. The van der Waals surface area contributed by atoms with Gasteiger partial charge in [0, 0.05) is 12.1 Å². The Labute approximate surface area is 97.4 Å². The molecule has 88 valence electrons. The summed E-state index contributed by atoms with van der Waals surface area (Å²) in [7, 11) is 0. The van der Waals surface area contributed by atoms with Crippen LogP contribution >= 0.6 is 0 Å². The second-order valence-electron chi connectivity index (χ2n) is 4.26. The molecule has 2 unspecified atom stereocenters. The third-order valence-corrected chi connectivity index (χ3v) is 2.66. The van der Waals surface area contributed by atoms with E-state index in [4.69, 9.17) is 0 Å². The van der Waals surface area contributed by atoms with E-state index in [2.05, 4.69) is 25.7 Å². The molecule has 2 heteroatoms. The van der Waals surface area contributed by atoms with Crippen LogP contribution in [0.1, 0.15) is 25.8 Å². The zero-order valence-corrected chi connectivity index (χ0v) is 10.0. The van der Waals surface area contributed by atoms with Gasteiger partial charge >= 0.3 is 0 Å². The van der Waals surface area contributed by atoms with Crippen LogP contribution < -0.4 is 5.32 Å². The lowest BCUT2D eigenvalue weighted by atomic mass is 10.1. The number of nitrogens with one attached hydrogen (secondary N) is 1. The molecule has 1 nitrogen and oxygen atoms in total. The molecule has 1 aromatic carbocycles. The maximum absolute atomic E-state index is 12.9. The first-order valence-electron chi connectivity index (χ1n) is 5.75. The second kappa shape index (κ2) is 6.44. The summed E-state index contributed by atoms with van der Waals surface area (Å²) < 4.78 is 12.9. The largest absolute Gasteiger partial charge is 0.308 e. The Balaban J connectivity index is 2.36. The summed E-state index contributed by atoms with van der Waals surface area (Å²) in [6.45, 7) is 7.94. The Kier molecular flexibility index (Phi) is 5.20. The van der Waals surface area contributed by atoms with Gasteiger partial charge in [0.1, 0.15) is 5.82 Å². The van der Waals surface area contributed by atoms with Crippen molar-refractivity contribution in [3.8, 4) is 0 Å². The smallest absolute Gasteiger partial charge is 0.123 e. The Hall–Kier alpha value is -1.15. The molecule has 1 N–H and O–H groups in total. The van der Waals surface area contributed by atoms with Crippen molar-refractivity contribution in [2.75, 3.05) is 0 Å². The fraction of sp³-hybridized carbons (Fsp3) is 0.429. The van der Waals surface area contributed by atoms with Gasteiger partial charge in [0.25, 0.3) is 0 Å². The molecule has 1 aromatic rings. The number of benzene rings is 1. The van der Waals surface area contributed by atoms with Crippen LogP contribution in [0.5, 0.6) is 0 Å². The van der Waals surface area contributed by atoms with Gasteiger partial charge in [0.05, 0.1) is 0 Å². The summed E-state index contributed by atoms with van der Waals surface area (Å²) in [5.41, 5.74) is 1.06. The Morgan fingerprint density at radius 1 is 1.44 bits per heavy atom. The third kappa shape index (κ3) is 4.58. The molecule has 0 saturated heterocycles. The maximum atomic E-state index is 12.9. The molecule has 0 aromatic heterocycles. The van der Waals surface area contributed by atoms with Gasteiger partial charge in [-0.2, -0.15) is 0 Å². The molecule has 16 heavy (non-hydrogen) atoms. The van der Waals surface area contributed by atoms with E-state index >= 15 is 0 Å². The number of hydrogen-bond acceptors (Lipinski definition) is 1. The summed E-state index contributed by atoms with van der Waals surface area (Å²) in [5.74, 6) is -0.155. The van der Waals surface area contributed by atoms with E-state index in [1.807, 2.05) is 12.1 Å². The van der Waals surface area contributed by atoms with Crippen molar-refractivity contribution >= 4 is 0 Å². The summed E-state index contributed by atoms with van der Waals surface area (Å²) in [5, 5.41) is 3.40. The Morgan fingerprint density at radius 2 is 2.19 bits per heavy atom. The molecule has 1 rings (SSSR count). The molecule has 0 aliphatic carbocycles. The highest BCUT2D eigenvalue weighted by Gasteiger charge is 2.05. The maximum Gasteiger partial charge on any atom is 0.123 e. The van der Waals surface area contributed by atoms with Crippen molar-refractivity contribution in [2.24, 2.45) is 0 Å². The van der Waals surface area contributed by atoms with Crippen LogP contribution in [0, 0.1) is 5.82 Å². The first kappa shape index (κ1) is 12.9. The summed E-state index contributed by atoms with van der Waals surface area (Å²) in [6.07, 6.45) is 3.79. The van der Waals surface area contributed by atoms with Crippen LogP contribution in [0.25, 0.3) is 0 Å². The lowest BCUT2D eigenvalue weighted by Gasteiger charge is -2.17. The van der Waals surface area contributed by atoms with Crippen molar-refractivity contribution in [1.29, 1.82) is 0 Å². The minimum atomic E-state index is -0.155. The Bertz CT molecular complexity index is 335. The van der Waals surface area contributed by atoms with Gasteiger partial charge in [-0.1, -0.05) is 18.2 Å². The quantitative estimate of drug-likeness (QED) is 0.727. The molecular formula is C14H20FN. The van der Waals surface area contributed by atoms with E-state index in [9.17, 15) is 4.39 Å². The fourth-order valence-electron chi connectivity index (χ4n) is 1.68. The molecule has 0 amide bonds. The molecule has 0 radical (unpaired) electrons. The van der Waals surface area contributed by atoms with E-state index in [1.165, 1.54) is 6.07 Å². The van der Waals surface area contributed by atoms with Crippen LogP contribution in [0.2, 0.25) is 0 Å². The van der Waals surface area contributed by atoms with Gasteiger partial charge < -0.3 is 5.32 Å². The average molecular weight is 221 g/mol. The third-order valence-electron chi connectivity index (χ3n) is 2.66. The van der Waals surface area contributed by atoms with Crippen LogP contribution in [0.4, 0.5) is 4.39 Å². The summed E-state index contributed by atoms with van der Waals surface area (Å²) in [6, 6.07) is 7.54. The molecular weight excluding hydrogens is 201 g/mol. The topological polar surface area (TPSA) is 12.0 Å². The average Bonchev–Trinajstić information content (AvgIpc) is 2.26. The van der Waals surface area contributed by atoms with Crippen molar-refractivity contribution in [2.45, 2.75) is 38.8 Å². The zero-order valence-electron chi connectivity index (χ0n) is 10.0. The molecule has 0 saturated carbocycles. The van der Waals surface area contributed by atoms with Gasteiger partial charge in [-0.25, -0.2) is 4.39 Å². The standard InChI is InChI=1S/C14H20FN/c1-4-11(2)16-12(3)8-9-13-6-5-7-14(15)10-13/h4-7,10-12,16H,1,8-9H2,2-3H3. The number of hydrogen-bond donors (Lipinski definition) is 1. The number of aryl methyl sites for hydroxylation is 1. The molecule has 0 fully saturated rings. The monoisotopic (exact) mass is 221 g/mol. The number of halogens is 1. The first-order valence-corrected chi connectivity index (χ1v) is 5.75. The van der Waals surface area contributed by atoms with E-state index in [-0.39, 0.29) is 5.82 Å². The van der Waals surface area contributed by atoms with Gasteiger partial charge in [-0.15, -0.1) is 6.58 Å². The van der Waals surface area contributed by atoms with Crippen LogP contribution in [-0.2, 0) is 6.42 Å². The van der Waals surface area contributed by atoms with Crippen molar-refractivity contribution < 1.29 is 4.39 Å². The SMILES string of the molecule is C=CC(C)NC(C)CCc1cccc(F)c1. The predicted octanol–water partition coefficient (Wildman–Crippen LogP) is 3.31. The van der Waals surface area contributed by atoms with Crippen molar-refractivity contribution in [1.82, 2.24) is 5.32 Å². The van der Waals surface area contributed by atoms with Crippen molar-refractivity contribution in [3.63, 3.8) is 0 Å². The highest BCUT2D eigenvalue weighted by atomic mass is 19.1. The zero-order chi connectivity index (χ0) is 12.0. The predicted molar refractivity (Wildman–Crippen MR) is 67.0 cm³/mol.